The zero-order valence-corrected chi connectivity index (χ0v) is 18.5. The van der Waals surface area contributed by atoms with Crippen molar-refractivity contribution in [3.8, 4) is 0 Å². The number of allylic oxidation sites excluding steroid dienone is 2. The summed E-state index contributed by atoms with van der Waals surface area (Å²) >= 11 is 0. The lowest BCUT2D eigenvalue weighted by Gasteiger charge is -2.34. The molecule has 0 bridgehead atoms. The topological polar surface area (TPSA) is 77.8 Å². The molecule has 4 heteroatoms. The molecule has 1 fully saturated rings. The van der Waals surface area contributed by atoms with Crippen molar-refractivity contribution >= 4 is 5.97 Å². The summed E-state index contributed by atoms with van der Waals surface area (Å²) in [4.78, 5) is 10.6. The maximum absolute atomic E-state index is 10.6. The summed E-state index contributed by atoms with van der Waals surface area (Å²) in [7, 11) is 0. The second-order valence-corrected chi connectivity index (χ2v) is 8.91. The fourth-order valence-corrected chi connectivity index (χ4v) is 4.71. The largest absolute Gasteiger partial charge is 0.481 e. The number of hydrogen-bond donors (Lipinski definition) is 3. The van der Waals surface area contributed by atoms with E-state index in [0.29, 0.717) is 18.3 Å². The standard InChI is InChI=1S/C24H44O4/c1-4-6-12-19(3)22(24(27,28)5-2)18-17-21-15-11-14-20(21)13-9-7-8-10-16-23(25)26/h17,19-20,22,27-28H,4-16,18H2,1-3H3,(H,25,26)/t19?,20-,22?/m0/s1. The molecule has 3 N–H and O–H groups in total. The molecule has 0 radical (unpaired) electrons. The van der Waals surface area contributed by atoms with E-state index in [1.54, 1.807) is 0 Å². The van der Waals surface area contributed by atoms with Crippen molar-refractivity contribution in [2.75, 3.05) is 0 Å². The first-order chi connectivity index (χ1) is 13.3. The van der Waals surface area contributed by atoms with Gasteiger partial charge in [0.05, 0.1) is 0 Å². The molecule has 4 nitrogen and oxygen atoms in total. The predicted octanol–water partition coefficient (Wildman–Crippen LogP) is 6.06. The maximum Gasteiger partial charge on any atom is 0.303 e. The zero-order chi connectivity index (χ0) is 21.0. The molecule has 0 amide bonds. The summed E-state index contributed by atoms with van der Waals surface area (Å²) < 4.78 is 0. The fourth-order valence-electron chi connectivity index (χ4n) is 4.71. The third-order valence-corrected chi connectivity index (χ3v) is 6.68. The second-order valence-electron chi connectivity index (χ2n) is 8.91. The van der Waals surface area contributed by atoms with Crippen LogP contribution in [0.3, 0.4) is 0 Å². The van der Waals surface area contributed by atoms with E-state index in [1.165, 1.54) is 24.8 Å². The summed E-state index contributed by atoms with van der Waals surface area (Å²) in [5.74, 6) is -1.43. The van der Waals surface area contributed by atoms with Gasteiger partial charge in [-0.1, -0.05) is 70.9 Å². The number of carbonyl (C=O) groups is 1. The van der Waals surface area contributed by atoms with Crippen LogP contribution < -0.4 is 0 Å². The van der Waals surface area contributed by atoms with E-state index >= 15 is 0 Å². The molecule has 2 unspecified atom stereocenters. The summed E-state index contributed by atoms with van der Waals surface area (Å²) in [6.07, 6.45) is 16.0. The summed E-state index contributed by atoms with van der Waals surface area (Å²) in [5.41, 5.74) is 1.52. The van der Waals surface area contributed by atoms with Gasteiger partial charge < -0.3 is 15.3 Å². The highest BCUT2D eigenvalue weighted by Gasteiger charge is 2.35. The Kier molecular flexibility index (Phi) is 12.0. The molecule has 0 saturated heterocycles. The van der Waals surface area contributed by atoms with Gasteiger partial charge in [0.1, 0.15) is 0 Å². The van der Waals surface area contributed by atoms with Gasteiger partial charge in [-0.3, -0.25) is 4.79 Å². The van der Waals surface area contributed by atoms with Crippen LogP contribution in [0.4, 0.5) is 0 Å². The Balaban J connectivity index is 2.55. The van der Waals surface area contributed by atoms with Crippen LogP contribution in [-0.4, -0.2) is 27.1 Å². The number of rotatable bonds is 15. The predicted molar refractivity (Wildman–Crippen MR) is 115 cm³/mol. The molecule has 164 valence electrons. The van der Waals surface area contributed by atoms with Gasteiger partial charge in [-0.15, -0.1) is 0 Å². The van der Waals surface area contributed by atoms with E-state index in [9.17, 15) is 15.0 Å². The minimum absolute atomic E-state index is 0.103. The molecule has 0 spiro atoms. The lowest BCUT2D eigenvalue weighted by Crippen LogP contribution is -2.40. The van der Waals surface area contributed by atoms with Gasteiger partial charge in [0.15, 0.2) is 5.79 Å². The lowest BCUT2D eigenvalue weighted by atomic mass is 9.79. The van der Waals surface area contributed by atoms with E-state index in [2.05, 4.69) is 19.9 Å². The molecule has 3 atom stereocenters. The monoisotopic (exact) mass is 396 g/mol. The molecule has 0 aromatic rings. The van der Waals surface area contributed by atoms with Gasteiger partial charge in [-0.25, -0.2) is 0 Å². The molecule has 28 heavy (non-hydrogen) atoms. The SMILES string of the molecule is CCCCC(C)C(CC=C1CCC[C@@H]1CCCCCCC(=O)O)C(O)(O)CC. The van der Waals surface area contributed by atoms with Gasteiger partial charge in [0, 0.05) is 12.3 Å². The molecular formula is C24H44O4. The van der Waals surface area contributed by atoms with Crippen molar-refractivity contribution in [3.63, 3.8) is 0 Å². The Morgan fingerprint density at radius 3 is 2.54 bits per heavy atom. The summed E-state index contributed by atoms with van der Waals surface area (Å²) in [6.45, 7) is 6.20. The number of unbranched alkanes of at least 4 members (excludes halogenated alkanes) is 4. The fraction of sp³-hybridized carbons (Fsp3) is 0.875. The highest BCUT2D eigenvalue weighted by molar-refractivity contribution is 5.66. The van der Waals surface area contributed by atoms with Gasteiger partial charge in [0.2, 0.25) is 0 Å². The van der Waals surface area contributed by atoms with Crippen LogP contribution in [0.2, 0.25) is 0 Å². The molecule has 0 heterocycles. The van der Waals surface area contributed by atoms with Gasteiger partial charge >= 0.3 is 5.97 Å². The smallest absolute Gasteiger partial charge is 0.303 e. The minimum Gasteiger partial charge on any atom is -0.481 e. The zero-order valence-electron chi connectivity index (χ0n) is 18.5. The third-order valence-electron chi connectivity index (χ3n) is 6.68. The van der Waals surface area contributed by atoms with Crippen LogP contribution in [0.5, 0.6) is 0 Å². The van der Waals surface area contributed by atoms with Gasteiger partial charge in [-0.2, -0.15) is 0 Å². The first-order valence-electron chi connectivity index (χ1n) is 11.7. The Hall–Kier alpha value is -0.870. The quantitative estimate of drug-likeness (QED) is 0.178. The van der Waals surface area contributed by atoms with Crippen LogP contribution in [-0.2, 0) is 4.79 Å². The minimum atomic E-state index is -1.58. The lowest BCUT2D eigenvalue weighted by molar-refractivity contribution is -0.212. The molecule has 0 aromatic carbocycles. The molecule has 0 aliphatic heterocycles. The van der Waals surface area contributed by atoms with Crippen LogP contribution in [0.1, 0.15) is 111 Å². The highest BCUT2D eigenvalue weighted by atomic mass is 16.5. The third kappa shape index (κ3) is 9.09. The van der Waals surface area contributed by atoms with Crippen LogP contribution in [0, 0.1) is 17.8 Å². The normalized spacial score (nSPS) is 21.2. The second kappa shape index (κ2) is 13.4. The maximum atomic E-state index is 10.6. The first-order valence-corrected chi connectivity index (χ1v) is 11.7. The molecule has 1 rings (SSSR count). The number of aliphatic hydroxyl groups is 2. The van der Waals surface area contributed by atoms with Crippen LogP contribution in [0.25, 0.3) is 0 Å². The van der Waals surface area contributed by atoms with E-state index in [-0.39, 0.29) is 12.3 Å². The van der Waals surface area contributed by atoms with Crippen molar-refractivity contribution in [1.82, 2.24) is 0 Å². The van der Waals surface area contributed by atoms with Crippen molar-refractivity contribution < 1.29 is 20.1 Å². The summed E-state index contributed by atoms with van der Waals surface area (Å²) in [6, 6.07) is 0. The Labute approximate surface area is 172 Å². The van der Waals surface area contributed by atoms with Gasteiger partial charge in [0.25, 0.3) is 0 Å². The average molecular weight is 397 g/mol. The van der Waals surface area contributed by atoms with Crippen molar-refractivity contribution in [2.24, 2.45) is 17.8 Å². The van der Waals surface area contributed by atoms with Gasteiger partial charge in [-0.05, 0) is 56.8 Å². The van der Waals surface area contributed by atoms with Crippen molar-refractivity contribution in [3.05, 3.63) is 11.6 Å². The van der Waals surface area contributed by atoms with Crippen molar-refractivity contribution in [2.45, 2.75) is 116 Å². The number of hydrogen-bond acceptors (Lipinski definition) is 3. The Morgan fingerprint density at radius 2 is 1.89 bits per heavy atom. The van der Waals surface area contributed by atoms with E-state index < -0.39 is 11.8 Å². The van der Waals surface area contributed by atoms with Crippen molar-refractivity contribution in [1.29, 1.82) is 0 Å². The van der Waals surface area contributed by atoms with E-state index in [0.717, 1.165) is 57.8 Å². The van der Waals surface area contributed by atoms with Crippen LogP contribution >= 0.6 is 0 Å². The number of carboxylic acids is 1. The molecule has 1 aliphatic rings. The average Bonchev–Trinajstić information content (AvgIpc) is 3.09. The molecule has 1 aliphatic carbocycles. The Morgan fingerprint density at radius 1 is 1.18 bits per heavy atom. The number of aliphatic carboxylic acids is 1. The molecular weight excluding hydrogens is 352 g/mol. The molecule has 1 saturated carbocycles. The summed E-state index contributed by atoms with van der Waals surface area (Å²) in [5, 5.41) is 29.8. The highest BCUT2D eigenvalue weighted by Crippen LogP contribution is 2.38. The molecule has 0 aromatic heterocycles. The van der Waals surface area contributed by atoms with Crippen LogP contribution in [0.15, 0.2) is 11.6 Å². The number of carboxylic acid groups (broad SMARTS) is 1. The first kappa shape index (κ1) is 25.2. The van der Waals surface area contributed by atoms with E-state index in [4.69, 9.17) is 5.11 Å². The Bertz CT molecular complexity index is 469. The van der Waals surface area contributed by atoms with E-state index in [1.807, 2.05) is 6.92 Å².